The summed E-state index contributed by atoms with van der Waals surface area (Å²) in [7, 11) is 0. The molecule has 0 aliphatic rings. The predicted molar refractivity (Wildman–Crippen MR) is 101 cm³/mol. The normalized spacial score (nSPS) is 10.2. The van der Waals surface area contributed by atoms with Crippen LogP contribution in [0.1, 0.15) is 32.8 Å². The van der Waals surface area contributed by atoms with E-state index in [2.05, 4.69) is 17.6 Å². The maximum atomic E-state index is 11.0. The van der Waals surface area contributed by atoms with Gasteiger partial charge in [-0.3, -0.25) is 4.79 Å². The number of hydrogen-bond acceptors (Lipinski definition) is 4. The van der Waals surface area contributed by atoms with Gasteiger partial charge in [-0.1, -0.05) is 13.0 Å². The van der Waals surface area contributed by atoms with Crippen molar-refractivity contribution in [2.75, 3.05) is 23.8 Å². The van der Waals surface area contributed by atoms with Gasteiger partial charge in [-0.05, 0) is 55.3 Å². The molecule has 0 spiro atoms. The highest BCUT2D eigenvalue weighted by Gasteiger charge is 2.06. The van der Waals surface area contributed by atoms with Crippen LogP contribution in [0.25, 0.3) is 0 Å². The van der Waals surface area contributed by atoms with Crippen LogP contribution in [0.2, 0.25) is 0 Å². The third-order valence-corrected chi connectivity index (χ3v) is 3.47. The summed E-state index contributed by atoms with van der Waals surface area (Å²) in [4.78, 5) is 11.0. The SMILES string of the molecule is CCCOc1ccc(CNc2ccc(NC(C)=O)cc2)cc1OCC. The standard InChI is InChI=1S/C20H26N2O3/c1-4-12-25-19-11-6-16(13-20(19)24-5-2)14-21-17-7-9-18(10-8-17)22-15(3)23/h6-11,13,21H,4-5,12,14H2,1-3H3,(H,22,23). The van der Waals surface area contributed by atoms with E-state index in [1.807, 2.05) is 49.4 Å². The Balaban J connectivity index is 1.99. The summed E-state index contributed by atoms with van der Waals surface area (Å²) >= 11 is 0. The van der Waals surface area contributed by atoms with E-state index in [4.69, 9.17) is 9.47 Å². The molecular formula is C20H26N2O3. The first-order valence-electron chi connectivity index (χ1n) is 8.62. The minimum Gasteiger partial charge on any atom is -0.490 e. The molecule has 0 fully saturated rings. The van der Waals surface area contributed by atoms with Gasteiger partial charge in [0.2, 0.25) is 5.91 Å². The summed E-state index contributed by atoms with van der Waals surface area (Å²) < 4.78 is 11.4. The first kappa shape index (κ1) is 18.6. The van der Waals surface area contributed by atoms with Gasteiger partial charge in [0, 0.05) is 24.8 Å². The minimum absolute atomic E-state index is 0.0745. The highest BCUT2D eigenvalue weighted by Crippen LogP contribution is 2.29. The number of anilines is 2. The van der Waals surface area contributed by atoms with Crippen LogP contribution in [0.5, 0.6) is 11.5 Å². The van der Waals surface area contributed by atoms with Crippen molar-refractivity contribution < 1.29 is 14.3 Å². The van der Waals surface area contributed by atoms with E-state index >= 15 is 0 Å². The molecule has 2 N–H and O–H groups in total. The molecule has 0 heterocycles. The van der Waals surface area contributed by atoms with E-state index in [0.717, 1.165) is 34.9 Å². The van der Waals surface area contributed by atoms with Crippen molar-refractivity contribution in [3.8, 4) is 11.5 Å². The van der Waals surface area contributed by atoms with Crippen LogP contribution in [-0.4, -0.2) is 19.1 Å². The van der Waals surface area contributed by atoms with Crippen molar-refractivity contribution in [2.45, 2.75) is 33.7 Å². The number of nitrogens with one attached hydrogen (secondary N) is 2. The molecule has 5 heteroatoms. The Labute approximate surface area is 149 Å². The maximum Gasteiger partial charge on any atom is 0.221 e. The fourth-order valence-corrected chi connectivity index (χ4v) is 2.34. The molecule has 1 amide bonds. The molecule has 0 saturated heterocycles. The van der Waals surface area contributed by atoms with Crippen LogP contribution in [-0.2, 0) is 11.3 Å². The molecule has 0 atom stereocenters. The molecule has 0 aliphatic heterocycles. The van der Waals surface area contributed by atoms with Crippen LogP contribution < -0.4 is 20.1 Å². The summed E-state index contributed by atoms with van der Waals surface area (Å²) in [5.41, 5.74) is 2.88. The zero-order valence-corrected chi connectivity index (χ0v) is 15.1. The van der Waals surface area contributed by atoms with Gasteiger partial charge in [0.15, 0.2) is 11.5 Å². The van der Waals surface area contributed by atoms with Crippen LogP contribution in [0.15, 0.2) is 42.5 Å². The van der Waals surface area contributed by atoms with E-state index in [1.54, 1.807) is 0 Å². The molecule has 0 radical (unpaired) electrons. The second-order valence-electron chi connectivity index (χ2n) is 5.67. The summed E-state index contributed by atoms with van der Waals surface area (Å²) in [5.74, 6) is 1.48. The van der Waals surface area contributed by atoms with Gasteiger partial charge in [0.1, 0.15) is 0 Å². The van der Waals surface area contributed by atoms with Crippen molar-refractivity contribution in [3.05, 3.63) is 48.0 Å². The van der Waals surface area contributed by atoms with Crippen LogP contribution in [0.3, 0.4) is 0 Å². The van der Waals surface area contributed by atoms with Crippen LogP contribution >= 0.6 is 0 Å². The molecule has 5 nitrogen and oxygen atoms in total. The first-order chi connectivity index (χ1) is 12.1. The molecule has 2 aromatic rings. The Kier molecular flexibility index (Phi) is 7.14. The lowest BCUT2D eigenvalue weighted by Gasteiger charge is -2.14. The first-order valence-corrected chi connectivity index (χ1v) is 8.62. The number of ether oxygens (including phenoxy) is 2. The summed E-state index contributed by atoms with van der Waals surface area (Å²) in [6.07, 6.45) is 0.962. The second-order valence-corrected chi connectivity index (χ2v) is 5.67. The Morgan fingerprint density at radius 2 is 1.68 bits per heavy atom. The van der Waals surface area contributed by atoms with Crippen molar-refractivity contribution in [3.63, 3.8) is 0 Å². The average molecular weight is 342 g/mol. The number of carbonyl (C=O) groups is 1. The van der Waals surface area contributed by atoms with Gasteiger partial charge in [-0.25, -0.2) is 0 Å². The van der Waals surface area contributed by atoms with Gasteiger partial charge < -0.3 is 20.1 Å². The van der Waals surface area contributed by atoms with Crippen LogP contribution in [0.4, 0.5) is 11.4 Å². The molecule has 2 rings (SSSR count). The minimum atomic E-state index is -0.0745. The molecular weight excluding hydrogens is 316 g/mol. The predicted octanol–water partition coefficient (Wildman–Crippen LogP) is 4.44. The van der Waals surface area contributed by atoms with Gasteiger partial charge in [-0.15, -0.1) is 0 Å². The van der Waals surface area contributed by atoms with E-state index in [-0.39, 0.29) is 5.91 Å². The average Bonchev–Trinajstić information content (AvgIpc) is 2.60. The topological polar surface area (TPSA) is 59.6 Å². The molecule has 134 valence electrons. The summed E-state index contributed by atoms with van der Waals surface area (Å²) in [6, 6.07) is 13.6. The molecule has 2 aromatic carbocycles. The molecule has 0 aliphatic carbocycles. The highest BCUT2D eigenvalue weighted by atomic mass is 16.5. The van der Waals surface area contributed by atoms with E-state index < -0.39 is 0 Å². The second kappa shape index (κ2) is 9.57. The molecule has 0 bridgehead atoms. The molecule has 25 heavy (non-hydrogen) atoms. The lowest BCUT2D eigenvalue weighted by molar-refractivity contribution is -0.114. The molecule has 0 aromatic heterocycles. The third kappa shape index (κ3) is 6.03. The highest BCUT2D eigenvalue weighted by molar-refractivity contribution is 5.88. The zero-order valence-electron chi connectivity index (χ0n) is 15.1. The lowest BCUT2D eigenvalue weighted by Crippen LogP contribution is -2.06. The zero-order chi connectivity index (χ0) is 18.1. The number of carbonyl (C=O) groups excluding carboxylic acids is 1. The van der Waals surface area contributed by atoms with E-state index in [0.29, 0.717) is 19.8 Å². The van der Waals surface area contributed by atoms with Gasteiger partial charge >= 0.3 is 0 Å². The van der Waals surface area contributed by atoms with Gasteiger partial charge in [-0.2, -0.15) is 0 Å². The fraction of sp³-hybridized carbons (Fsp3) is 0.350. The van der Waals surface area contributed by atoms with Crippen molar-refractivity contribution in [1.82, 2.24) is 0 Å². The maximum absolute atomic E-state index is 11.0. The van der Waals surface area contributed by atoms with Crippen molar-refractivity contribution in [1.29, 1.82) is 0 Å². The molecule has 0 saturated carbocycles. The third-order valence-electron chi connectivity index (χ3n) is 3.47. The Morgan fingerprint density at radius 3 is 2.32 bits per heavy atom. The fourth-order valence-electron chi connectivity index (χ4n) is 2.34. The van der Waals surface area contributed by atoms with Crippen molar-refractivity contribution >= 4 is 17.3 Å². The smallest absolute Gasteiger partial charge is 0.221 e. The summed E-state index contributed by atoms with van der Waals surface area (Å²) in [5, 5.41) is 6.12. The quantitative estimate of drug-likeness (QED) is 0.707. The Hall–Kier alpha value is -2.69. The largest absolute Gasteiger partial charge is 0.490 e. The van der Waals surface area contributed by atoms with Crippen LogP contribution in [0, 0.1) is 0 Å². The van der Waals surface area contributed by atoms with Gasteiger partial charge in [0.25, 0.3) is 0 Å². The molecule has 0 unspecified atom stereocenters. The van der Waals surface area contributed by atoms with E-state index in [9.17, 15) is 4.79 Å². The number of benzene rings is 2. The lowest BCUT2D eigenvalue weighted by atomic mass is 10.2. The van der Waals surface area contributed by atoms with Gasteiger partial charge in [0.05, 0.1) is 13.2 Å². The monoisotopic (exact) mass is 342 g/mol. The van der Waals surface area contributed by atoms with E-state index in [1.165, 1.54) is 6.92 Å². The Morgan fingerprint density at radius 1 is 0.960 bits per heavy atom. The Bertz CT molecular complexity index is 684. The number of hydrogen-bond donors (Lipinski definition) is 2. The summed E-state index contributed by atoms with van der Waals surface area (Å²) in [6.45, 7) is 7.49. The number of rotatable bonds is 9. The number of amides is 1. The van der Waals surface area contributed by atoms with Crippen molar-refractivity contribution in [2.24, 2.45) is 0 Å².